The van der Waals surface area contributed by atoms with Crippen molar-refractivity contribution in [1.82, 2.24) is 15.1 Å². The SMILES string of the molecule is Cn1cc(C(CN)NCC(C2CC2)C2CC2)cn1. The Balaban J connectivity index is 1.56. The molecule has 0 amide bonds. The van der Waals surface area contributed by atoms with Crippen LogP contribution >= 0.6 is 0 Å². The molecular formula is C14H24N4. The summed E-state index contributed by atoms with van der Waals surface area (Å²) in [6.45, 7) is 1.78. The van der Waals surface area contributed by atoms with Crippen molar-refractivity contribution >= 4 is 0 Å². The van der Waals surface area contributed by atoms with Crippen LogP contribution in [0.15, 0.2) is 12.4 Å². The normalized spacial score (nSPS) is 21.5. The molecule has 0 aromatic carbocycles. The summed E-state index contributed by atoms with van der Waals surface area (Å²) in [6, 6.07) is 0.263. The van der Waals surface area contributed by atoms with Gasteiger partial charge in [-0.3, -0.25) is 4.68 Å². The highest BCUT2D eigenvalue weighted by Gasteiger charge is 2.41. The minimum atomic E-state index is 0.263. The summed E-state index contributed by atoms with van der Waals surface area (Å²) in [5, 5.41) is 7.89. The molecule has 1 aromatic heterocycles. The molecule has 1 heterocycles. The summed E-state index contributed by atoms with van der Waals surface area (Å²) in [6.07, 6.45) is 9.78. The van der Waals surface area contributed by atoms with E-state index < -0.39 is 0 Å². The van der Waals surface area contributed by atoms with E-state index in [4.69, 9.17) is 5.73 Å². The van der Waals surface area contributed by atoms with Crippen molar-refractivity contribution in [3.05, 3.63) is 18.0 Å². The van der Waals surface area contributed by atoms with E-state index in [1.807, 2.05) is 17.9 Å². The summed E-state index contributed by atoms with van der Waals surface area (Å²) < 4.78 is 1.85. The molecule has 0 saturated heterocycles. The van der Waals surface area contributed by atoms with Crippen molar-refractivity contribution in [2.45, 2.75) is 31.7 Å². The number of aryl methyl sites for hydroxylation is 1. The van der Waals surface area contributed by atoms with Crippen LogP contribution in [0.5, 0.6) is 0 Å². The number of hydrogen-bond donors (Lipinski definition) is 2. The zero-order chi connectivity index (χ0) is 12.5. The molecule has 3 rings (SSSR count). The van der Waals surface area contributed by atoms with Crippen molar-refractivity contribution in [2.24, 2.45) is 30.5 Å². The van der Waals surface area contributed by atoms with Gasteiger partial charge in [0.2, 0.25) is 0 Å². The van der Waals surface area contributed by atoms with E-state index in [0.29, 0.717) is 6.54 Å². The van der Waals surface area contributed by atoms with Gasteiger partial charge in [-0.05, 0) is 50.0 Å². The second-order valence-corrected chi connectivity index (χ2v) is 5.98. The molecule has 1 aromatic rings. The molecule has 2 fully saturated rings. The Bertz CT molecular complexity index is 380. The van der Waals surface area contributed by atoms with E-state index in [1.165, 1.54) is 31.2 Å². The fourth-order valence-corrected chi connectivity index (χ4v) is 3.00. The maximum Gasteiger partial charge on any atom is 0.0538 e. The third-order valence-electron chi connectivity index (χ3n) is 4.42. The van der Waals surface area contributed by atoms with Crippen LogP contribution in [-0.4, -0.2) is 22.9 Å². The van der Waals surface area contributed by atoms with Gasteiger partial charge in [-0.25, -0.2) is 0 Å². The molecule has 18 heavy (non-hydrogen) atoms. The van der Waals surface area contributed by atoms with Gasteiger partial charge in [0.25, 0.3) is 0 Å². The smallest absolute Gasteiger partial charge is 0.0538 e. The van der Waals surface area contributed by atoms with Crippen LogP contribution in [0.4, 0.5) is 0 Å². The highest BCUT2D eigenvalue weighted by atomic mass is 15.2. The Morgan fingerprint density at radius 3 is 2.50 bits per heavy atom. The first-order valence-electron chi connectivity index (χ1n) is 7.20. The molecule has 0 aliphatic heterocycles. The average molecular weight is 248 g/mol. The lowest BCUT2D eigenvalue weighted by Gasteiger charge is -2.21. The summed E-state index contributed by atoms with van der Waals surface area (Å²) in [7, 11) is 1.95. The number of aromatic nitrogens is 2. The number of hydrogen-bond acceptors (Lipinski definition) is 3. The monoisotopic (exact) mass is 248 g/mol. The van der Waals surface area contributed by atoms with Crippen LogP contribution in [-0.2, 0) is 7.05 Å². The standard InChI is InChI=1S/C14H24N4/c1-18-9-12(7-17-18)14(6-15)16-8-13(10-2-3-10)11-4-5-11/h7,9-11,13-14,16H,2-6,8,15H2,1H3. The Morgan fingerprint density at radius 2 is 2.06 bits per heavy atom. The van der Waals surface area contributed by atoms with Gasteiger partial charge in [-0.1, -0.05) is 0 Å². The van der Waals surface area contributed by atoms with Gasteiger partial charge in [-0.2, -0.15) is 5.10 Å². The molecule has 0 radical (unpaired) electrons. The molecule has 0 spiro atoms. The summed E-state index contributed by atoms with van der Waals surface area (Å²) in [5.74, 6) is 2.89. The lowest BCUT2D eigenvalue weighted by atomic mass is 9.97. The predicted molar refractivity (Wildman–Crippen MR) is 71.9 cm³/mol. The second kappa shape index (κ2) is 5.02. The molecule has 100 valence electrons. The molecule has 2 aliphatic rings. The molecule has 3 N–H and O–H groups in total. The van der Waals surface area contributed by atoms with Crippen LogP contribution in [0.25, 0.3) is 0 Å². The van der Waals surface area contributed by atoms with Crippen molar-refractivity contribution in [2.75, 3.05) is 13.1 Å². The molecule has 1 unspecified atom stereocenters. The van der Waals surface area contributed by atoms with Crippen molar-refractivity contribution in [3.63, 3.8) is 0 Å². The topological polar surface area (TPSA) is 55.9 Å². The van der Waals surface area contributed by atoms with Crippen LogP contribution in [0, 0.1) is 17.8 Å². The Hall–Kier alpha value is -0.870. The van der Waals surface area contributed by atoms with E-state index in [-0.39, 0.29) is 6.04 Å². The number of nitrogens with two attached hydrogens (primary N) is 1. The van der Waals surface area contributed by atoms with Crippen molar-refractivity contribution in [3.8, 4) is 0 Å². The minimum absolute atomic E-state index is 0.263. The van der Waals surface area contributed by atoms with Gasteiger partial charge in [-0.15, -0.1) is 0 Å². The van der Waals surface area contributed by atoms with E-state index >= 15 is 0 Å². The maximum atomic E-state index is 5.88. The van der Waals surface area contributed by atoms with E-state index in [9.17, 15) is 0 Å². The first-order valence-corrected chi connectivity index (χ1v) is 7.20. The van der Waals surface area contributed by atoms with Crippen LogP contribution in [0.2, 0.25) is 0 Å². The average Bonchev–Trinajstić information content (AvgIpc) is 3.26. The molecule has 2 saturated carbocycles. The predicted octanol–water partition coefficient (Wildman–Crippen LogP) is 1.45. The molecule has 2 aliphatic carbocycles. The zero-order valence-corrected chi connectivity index (χ0v) is 11.2. The first-order chi connectivity index (χ1) is 8.78. The summed E-state index contributed by atoms with van der Waals surface area (Å²) in [5.41, 5.74) is 7.10. The maximum absolute atomic E-state index is 5.88. The van der Waals surface area contributed by atoms with Gasteiger partial charge < -0.3 is 11.1 Å². The van der Waals surface area contributed by atoms with Gasteiger partial charge in [0, 0.05) is 31.4 Å². The Kier molecular flexibility index (Phi) is 3.39. The van der Waals surface area contributed by atoms with Gasteiger partial charge >= 0.3 is 0 Å². The van der Waals surface area contributed by atoms with Crippen molar-refractivity contribution in [1.29, 1.82) is 0 Å². The third kappa shape index (κ3) is 2.75. The second-order valence-electron chi connectivity index (χ2n) is 5.98. The lowest BCUT2D eigenvalue weighted by Crippen LogP contribution is -2.33. The number of rotatable bonds is 7. The molecule has 4 heteroatoms. The fraction of sp³-hybridized carbons (Fsp3) is 0.786. The Labute approximate surface area is 109 Å². The first kappa shape index (κ1) is 12.2. The summed E-state index contributed by atoms with van der Waals surface area (Å²) in [4.78, 5) is 0. The largest absolute Gasteiger partial charge is 0.329 e. The van der Waals surface area contributed by atoms with Crippen molar-refractivity contribution < 1.29 is 0 Å². The molecule has 4 nitrogen and oxygen atoms in total. The fourth-order valence-electron chi connectivity index (χ4n) is 3.00. The highest BCUT2D eigenvalue weighted by Crippen LogP contribution is 2.48. The van der Waals surface area contributed by atoms with Gasteiger partial charge in [0.05, 0.1) is 6.20 Å². The van der Waals surface area contributed by atoms with Crippen LogP contribution < -0.4 is 11.1 Å². The van der Waals surface area contributed by atoms with E-state index in [1.54, 1.807) is 0 Å². The van der Waals surface area contributed by atoms with Gasteiger partial charge in [0.1, 0.15) is 0 Å². The molecule has 0 bridgehead atoms. The molecule has 1 atom stereocenters. The number of nitrogens with zero attached hydrogens (tertiary/aromatic N) is 2. The van der Waals surface area contributed by atoms with Crippen LogP contribution in [0.3, 0.4) is 0 Å². The Morgan fingerprint density at radius 1 is 1.39 bits per heavy atom. The zero-order valence-electron chi connectivity index (χ0n) is 11.2. The van der Waals surface area contributed by atoms with E-state index in [2.05, 4.69) is 16.6 Å². The quantitative estimate of drug-likeness (QED) is 0.768. The summed E-state index contributed by atoms with van der Waals surface area (Å²) >= 11 is 0. The third-order valence-corrected chi connectivity index (χ3v) is 4.42. The minimum Gasteiger partial charge on any atom is -0.329 e. The molecular weight excluding hydrogens is 224 g/mol. The van der Waals surface area contributed by atoms with E-state index in [0.717, 1.165) is 24.3 Å². The highest BCUT2D eigenvalue weighted by molar-refractivity contribution is 5.11. The van der Waals surface area contributed by atoms with Crippen LogP contribution in [0.1, 0.15) is 37.3 Å². The number of nitrogens with one attached hydrogen (secondary N) is 1. The van der Waals surface area contributed by atoms with Gasteiger partial charge in [0.15, 0.2) is 0 Å². The lowest BCUT2D eigenvalue weighted by molar-refractivity contribution is 0.357.